The normalized spacial score (nSPS) is 24.7. The van der Waals surface area contributed by atoms with Gasteiger partial charge in [-0.2, -0.15) is 4.98 Å². The van der Waals surface area contributed by atoms with E-state index in [4.69, 9.17) is 32.7 Å². The lowest BCUT2D eigenvalue weighted by Gasteiger charge is -2.46. The Labute approximate surface area is 196 Å². The first-order valence-corrected chi connectivity index (χ1v) is 11.6. The molecule has 3 aliphatic rings. The van der Waals surface area contributed by atoms with Gasteiger partial charge in [-0.3, -0.25) is 4.90 Å². The predicted octanol–water partition coefficient (Wildman–Crippen LogP) is 5.19. The van der Waals surface area contributed by atoms with Gasteiger partial charge in [-0.15, -0.1) is 0 Å². The molecule has 0 spiro atoms. The first kappa shape index (κ1) is 21.3. The number of amides is 1. The first-order chi connectivity index (χ1) is 14.6. The highest BCUT2D eigenvalue weighted by Gasteiger charge is 2.51. The minimum absolute atomic E-state index is 0.0452. The topological polar surface area (TPSA) is 67.8 Å². The molecule has 31 heavy (non-hydrogen) atoms. The number of carbonyl (C=O) groups is 1. The molecule has 3 aliphatic heterocycles. The van der Waals surface area contributed by atoms with E-state index < -0.39 is 11.4 Å². The van der Waals surface area contributed by atoms with Crippen molar-refractivity contribution < 1.29 is 18.7 Å². The summed E-state index contributed by atoms with van der Waals surface area (Å²) in [4.78, 5) is 25.4. The summed E-state index contributed by atoms with van der Waals surface area (Å²) >= 11 is 15.8. The zero-order chi connectivity index (χ0) is 22.2. The minimum atomic E-state index is -0.619. The molecule has 0 radical (unpaired) electrons. The second-order valence-electron chi connectivity index (χ2n) is 9.03. The summed E-state index contributed by atoms with van der Waals surface area (Å²) in [5, 5.41) is 0.443. The molecule has 166 valence electrons. The van der Waals surface area contributed by atoms with Crippen LogP contribution in [0.3, 0.4) is 0 Å². The second-order valence-corrected chi connectivity index (χ2v) is 10.5. The average Bonchev–Trinajstić information content (AvgIpc) is 2.91. The maximum absolute atomic E-state index is 15.0. The number of benzene rings is 1. The largest absolute Gasteiger partial charge is 0.489 e. The molecule has 2 fully saturated rings. The molecular formula is C20H20BrCl2FN4O3. The fraction of sp³-hybridized carbons (Fsp3) is 0.550. The monoisotopic (exact) mass is 532 g/mol. The quantitative estimate of drug-likeness (QED) is 0.343. The van der Waals surface area contributed by atoms with Crippen molar-refractivity contribution in [2.45, 2.75) is 57.3 Å². The van der Waals surface area contributed by atoms with Crippen molar-refractivity contribution in [3.63, 3.8) is 0 Å². The van der Waals surface area contributed by atoms with E-state index in [1.807, 2.05) is 25.7 Å². The van der Waals surface area contributed by atoms with Crippen molar-refractivity contribution in [1.29, 1.82) is 0 Å². The van der Waals surface area contributed by atoms with E-state index in [2.05, 4.69) is 30.8 Å². The van der Waals surface area contributed by atoms with Crippen LogP contribution in [-0.4, -0.2) is 57.8 Å². The number of nitrogens with zero attached hydrogens (tertiary/aromatic N) is 4. The summed E-state index contributed by atoms with van der Waals surface area (Å²) in [6.07, 6.45) is 1.30. The molecule has 1 aromatic carbocycles. The maximum atomic E-state index is 15.0. The summed E-state index contributed by atoms with van der Waals surface area (Å²) in [6.45, 7) is 6.30. The number of fused-ring (bicyclic) bond motifs is 5. The van der Waals surface area contributed by atoms with Crippen molar-refractivity contribution in [3.8, 4) is 5.75 Å². The molecule has 2 saturated heterocycles. The molecule has 5 rings (SSSR count). The van der Waals surface area contributed by atoms with Crippen LogP contribution in [-0.2, 0) is 4.74 Å². The van der Waals surface area contributed by atoms with Crippen LogP contribution in [0.2, 0.25) is 10.3 Å². The zero-order valence-corrected chi connectivity index (χ0v) is 20.2. The van der Waals surface area contributed by atoms with Crippen LogP contribution in [0.5, 0.6) is 5.75 Å². The predicted molar refractivity (Wildman–Crippen MR) is 119 cm³/mol. The highest BCUT2D eigenvalue weighted by Crippen LogP contribution is 2.48. The molecule has 1 aromatic heterocycles. The van der Waals surface area contributed by atoms with Gasteiger partial charge in [-0.25, -0.2) is 14.2 Å². The Morgan fingerprint density at radius 3 is 2.71 bits per heavy atom. The molecule has 1 amide bonds. The van der Waals surface area contributed by atoms with E-state index in [0.717, 1.165) is 12.8 Å². The van der Waals surface area contributed by atoms with E-state index in [1.165, 1.54) is 0 Å². The van der Waals surface area contributed by atoms with E-state index in [0.29, 0.717) is 23.5 Å². The van der Waals surface area contributed by atoms with Gasteiger partial charge in [0, 0.05) is 6.54 Å². The standard InChI is InChI=1S/C20H20BrCl2FN4O3/c1-20(2,3)31-19(29)28-8-4-5-9(28)10-7-30-16-11-15(14(24)12(21)13(16)22)25-18(23)26-17(11)27(10)6-8/h8-10H,4-7H2,1-3H3/t8?,9-,10+/m0/s1. The summed E-state index contributed by atoms with van der Waals surface area (Å²) in [7, 11) is 0. The molecule has 0 aliphatic carbocycles. The highest BCUT2D eigenvalue weighted by molar-refractivity contribution is 9.10. The Bertz CT molecular complexity index is 1110. The SMILES string of the molecule is CC(C)(C)OC(=O)N1C2CC[C@H]1[C@H]1COc3c(Cl)c(Br)c(F)c4nc(Cl)nc(c34)N1C2. The van der Waals surface area contributed by atoms with E-state index >= 15 is 0 Å². The molecule has 1 unspecified atom stereocenters. The molecule has 0 N–H and O–H groups in total. The second kappa shape index (κ2) is 7.22. The lowest BCUT2D eigenvalue weighted by molar-refractivity contribution is 0.00547. The molecule has 2 aromatic rings. The van der Waals surface area contributed by atoms with Crippen LogP contribution in [0.25, 0.3) is 10.9 Å². The Hall–Kier alpha value is -1.58. The number of rotatable bonds is 0. The average molecular weight is 534 g/mol. The van der Waals surface area contributed by atoms with Crippen LogP contribution in [0.1, 0.15) is 33.6 Å². The Kier molecular flexibility index (Phi) is 4.95. The number of piperazine rings is 1. The summed E-state index contributed by atoms with van der Waals surface area (Å²) in [6, 6.07) is -0.415. The van der Waals surface area contributed by atoms with Gasteiger partial charge < -0.3 is 14.4 Å². The Balaban J connectivity index is 1.62. The van der Waals surface area contributed by atoms with Gasteiger partial charge in [0.2, 0.25) is 5.28 Å². The van der Waals surface area contributed by atoms with E-state index in [1.54, 1.807) is 0 Å². The maximum Gasteiger partial charge on any atom is 0.410 e. The lowest BCUT2D eigenvalue weighted by atomic mass is 10.0. The van der Waals surface area contributed by atoms with Gasteiger partial charge in [0.05, 0.1) is 28.0 Å². The third-order valence-corrected chi connectivity index (χ3v) is 7.46. The number of ether oxygens (including phenoxy) is 2. The van der Waals surface area contributed by atoms with Crippen LogP contribution in [0.4, 0.5) is 15.0 Å². The minimum Gasteiger partial charge on any atom is -0.489 e. The molecule has 7 nitrogen and oxygen atoms in total. The van der Waals surface area contributed by atoms with Crippen molar-refractivity contribution in [2.24, 2.45) is 0 Å². The number of hydrogen-bond acceptors (Lipinski definition) is 6. The first-order valence-electron chi connectivity index (χ1n) is 10.0. The Morgan fingerprint density at radius 1 is 1.26 bits per heavy atom. The van der Waals surface area contributed by atoms with Gasteiger partial charge in [0.15, 0.2) is 11.6 Å². The van der Waals surface area contributed by atoms with Crippen LogP contribution >= 0.6 is 39.1 Å². The van der Waals surface area contributed by atoms with Gasteiger partial charge in [0.1, 0.15) is 28.6 Å². The molecule has 0 saturated carbocycles. The summed E-state index contributed by atoms with van der Waals surface area (Å²) < 4.78 is 26.8. The number of hydrogen-bond donors (Lipinski definition) is 0. The Morgan fingerprint density at radius 2 is 2.00 bits per heavy atom. The van der Waals surface area contributed by atoms with Crippen LogP contribution in [0.15, 0.2) is 4.47 Å². The fourth-order valence-corrected chi connectivity index (χ4v) is 5.56. The summed E-state index contributed by atoms with van der Waals surface area (Å²) in [5.41, 5.74) is -0.545. The molecular weight excluding hydrogens is 514 g/mol. The highest BCUT2D eigenvalue weighted by atomic mass is 79.9. The smallest absolute Gasteiger partial charge is 0.410 e. The molecule has 11 heteroatoms. The number of anilines is 1. The number of aromatic nitrogens is 2. The van der Waals surface area contributed by atoms with Crippen molar-refractivity contribution in [3.05, 3.63) is 20.6 Å². The van der Waals surface area contributed by atoms with Gasteiger partial charge in [-0.05, 0) is 61.1 Å². The fourth-order valence-electron chi connectivity index (χ4n) is 4.80. The van der Waals surface area contributed by atoms with Crippen molar-refractivity contribution in [2.75, 3.05) is 18.1 Å². The van der Waals surface area contributed by atoms with Gasteiger partial charge >= 0.3 is 6.09 Å². The molecule has 3 atom stereocenters. The summed E-state index contributed by atoms with van der Waals surface area (Å²) in [5.74, 6) is 0.166. The van der Waals surface area contributed by atoms with Crippen molar-refractivity contribution >= 4 is 61.9 Å². The lowest BCUT2D eigenvalue weighted by Crippen LogP contribution is -2.63. The van der Waals surface area contributed by atoms with Crippen LogP contribution < -0.4 is 9.64 Å². The third kappa shape index (κ3) is 3.31. The van der Waals surface area contributed by atoms with Crippen LogP contribution in [0, 0.1) is 5.82 Å². The zero-order valence-electron chi connectivity index (χ0n) is 17.1. The van der Waals surface area contributed by atoms with Gasteiger partial charge in [0.25, 0.3) is 0 Å². The molecule has 2 bridgehead atoms. The van der Waals surface area contributed by atoms with Gasteiger partial charge in [-0.1, -0.05) is 11.6 Å². The number of halogens is 4. The van der Waals surface area contributed by atoms with E-state index in [-0.39, 0.29) is 51.1 Å². The third-order valence-electron chi connectivity index (χ3n) is 5.96. The van der Waals surface area contributed by atoms with Crippen molar-refractivity contribution in [1.82, 2.24) is 14.9 Å². The number of carbonyl (C=O) groups excluding carboxylic acids is 1. The molecule has 4 heterocycles. The van der Waals surface area contributed by atoms with E-state index in [9.17, 15) is 9.18 Å².